The van der Waals surface area contributed by atoms with Gasteiger partial charge in [-0.3, -0.25) is 19.2 Å². The zero-order valence-electron chi connectivity index (χ0n) is 20.5. The number of nitrogens with one attached hydrogen (secondary N) is 2. The highest BCUT2D eigenvalue weighted by Crippen LogP contribution is 2.41. The van der Waals surface area contributed by atoms with Gasteiger partial charge in [-0.1, -0.05) is 67.6 Å². The van der Waals surface area contributed by atoms with E-state index in [9.17, 15) is 19.2 Å². The Morgan fingerprint density at radius 3 is 1.81 bits per heavy atom. The SMILES string of the molecule is CCC1C(=O)NC2(CC2)C(=O)N1Cc1ccccc1.O=C1CN(Cc2ccccc2)C(=O)C2(CC2)N1. The summed E-state index contributed by atoms with van der Waals surface area (Å²) in [4.78, 5) is 51.8. The highest BCUT2D eigenvalue weighted by atomic mass is 16.2. The fourth-order valence-corrected chi connectivity index (χ4v) is 5.07. The molecule has 1 unspecified atom stereocenters. The van der Waals surface area contributed by atoms with E-state index < -0.39 is 11.1 Å². The van der Waals surface area contributed by atoms with Crippen LogP contribution in [0.5, 0.6) is 0 Å². The smallest absolute Gasteiger partial charge is 0.249 e. The summed E-state index contributed by atoms with van der Waals surface area (Å²) in [7, 11) is 0. The van der Waals surface area contributed by atoms with Gasteiger partial charge in [0.1, 0.15) is 17.1 Å². The molecule has 2 spiro atoms. The van der Waals surface area contributed by atoms with E-state index >= 15 is 0 Å². The Hall–Kier alpha value is -3.68. The van der Waals surface area contributed by atoms with Crippen molar-refractivity contribution in [1.82, 2.24) is 20.4 Å². The molecule has 2 aromatic rings. The molecule has 0 aromatic heterocycles. The van der Waals surface area contributed by atoms with Crippen LogP contribution < -0.4 is 10.6 Å². The van der Waals surface area contributed by atoms with Gasteiger partial charge in [-0.2, -0.15) is 0 Å². The Balaban J connectivity index is 0.000000149. The molecule has 2 heterocycles. The van der Waals surface area contributed by atoms with Gasteiger partial charge >= 0.3 is 0 Å². The second-order valence-corrected chi connectivity index (χ2v) is 10.2. The fourth-order valence-electron chi connectivity index (χ4n) is 5.07. The van der Waals surface area contributed by atoms with Crippen LogP contribution >= 0.6 is 0 Å². The van der Waals surface area contributed by atoms with Crippen LogP contribution in [0.1, 0.15) is 50.2 Å². The topological polar surface area (TPSA) is 98.8 Å². The summed E-state index contributed by atoms with van der Waals surface area (Å²) >= 11 is 0. The third-order valence-electron chi connectivity index (χ3n) is 7.42. The Bertz CT molecular complexity index is 1160. The summed E-state index contributed by atoms with van der Waals surface area (Å²) in [5.74, 6) is 0.109. The first-order chi connectivity index (χ1) is 17.4. The maximum absolute atomic E-state index is 12.5. The van der Waals surface area contributed by atoms with Crippen molar-refractivity contribution in [2.24, 2.45) is 0 Å². The van der Waals surface area contributed by atoms with Crippen molar-refractivity contribution in [2.75, 3.05) is 6.54 Å². The Labute approximate surface area is 211 Å². The molecule has 6 rings (SSSR count). The molecular formula is C28H32N4O4. The maximum atomic E-state index is 12.5. The quantitative estimate of drug-likeness (QED) is 0.674. The van der Waals surface area contributed by atoms with Crippen molar-refractivity contribution in [3.05, 3.63) is 71.8 Å². The van der Waals surface area contributed by atoms with Crippen LogP contribution in [0.4, 0.5) is 0 Å². The third kappa shape index (κ3) is 4.72. The number of hydrogen-bond donors (Lipinski definition) is 2. The fraction of sp³-hybridized carbons (Fsp3) is 0.429. The van der Waals surface area contributed by atoms with Gasteiger partial charge < -0.3 is 20.4 Å². The van der Waals surface area contributed by atoms with E-state index in [0.717, 1.165) is 36.8 Å². The monoisotopic (exact) mass is 488 g/mol. The van der Waals surface area contributed by atoms with Gasteiger partial charge in [0, 0.05) is 13.1 Å². The number of hydrogen-bond acceptors (Lipinski definition) is 4. The van der Waals surface area contributed by atoms with Crippen LogP contribution in [-0.4, -0.2) is 57.1 Å². The third-order valence-corrected chi connectivity index (χ3v) is 7.42. The lowest BCUT2D eigenvalue weighted by molar-refractivity contribution is -0.151. The van der Waals surface area contributed by atoms with Gasteiger partial charge in [0.2, 0.25) is 23.6 Å². The molecule has 4 fully saturated rings. The van der Waals surface area contributed by atoms with Gasteiger partial charge in [-0.05, 0) is 43.2 Å². The summed E-state index contributed by atoms with van der Waals surface area (Å²) < 4.78 is 0. The number of carbonyl (C=O) groups excluding carboxylic acids is 4. The van der Waals surface area contributed by atoms with Crippen LogP contribution in [0.15, 0.2) is 60.7 Å². The molecule has 0 radical (unpaired) electrons. The van der Waals surface area contributed by atoms with E-state index in [-0.39, 0.29) is 36.2 Å². The molecule has 2 saturated carbocycles. The molecule has 8 heteroatoms. The van der Waals surface area contributed by atoms with Gasteiger partial charge in [0.25, 0.3) is 0 Å². The minimum absolute atomic E-state index is 0.00414. The minimum atomic E-state index is -0.572. The average molecular weight is 489 g/mol. The summed E-state index contributed by atoms with van der Waals surface area (Å²) in [5, 5.41) is 5.71. The van der Waals surface area contributed by atoms with Crippen LogP contribution in [0.2, 0.25) is 0 Å². The summed E-state index contributed by atoms with van der Waals surface area (Å²) in [6, 6.07) is 19.3. The van der Waals surface area contributed by atoms with E-state index in [1.54, 1.807) is 9.80 Å². The largest absolute Gasteiger partial charge is 0.340 e. The molecule has 8 nitrogen and oxygen atoms in total. The van der Waals surface area contributed by atoms with E-state index in [0.29, 0.717) is 19.5 Å². The molecule has 2 aliphatic heterocycles. The van der Waals surface area contributed by atoms with E-state index in [2.05, 4.69) is 10.6 Å². The predicted molar refractivity (Wildman–Crippen MR) is 133 cm³/mol. The second-order valence-electron chi connectivity index (χ2n) is 10.2. The van der Waals surface area contributed by atoms with Gasteiger partial charge in [-0.25, -0.2) is 0 Å². The van der Waals surface area contributed by atoms with E-state index in [1.165, 1.54) is 0 Å². The first-order valence-corrected chi connectivity index (χ1v) is 12.7. The highest BCUT2D eigenvalue weighted by molar-refractivity contribution is 6.02. The minimum Gasteiger partial charge on any atom is -0.340 e. The Morgan fingerprint density at radius 2 is 1.28 bits per heavy atom. The number of amides is 4. The van der Waals surface area contributed by atoms with E-state index in [1.807, 2.05) is 67.6 Å². The summed E-state index contributed by atoms with van der Waals surface area (Å²) in [6.07, 6.45) is 3.77. The normalized spacial score (nSPS) is 23.1. The lowest BCUT2D eigenvalue weighted by atomic mass is 10.0. The molecule has 1 atom stereocenters. The molecule has 0 bridgehead atoms. The van der Waals surface area contributed by atoms with Gasteiger partial charge in [0.05, 0.1) is 6.54 Å². The molecule has 2 aromatic carbocycles. The molecule has 4 amide bonds. The summed E-state index contributed by atoms with van der Waals surface area (Å²) in [6.45, 7) is 3.16. The number of rotatable bonds is 5. The molecule has 36 heavy (non-hydrogen) atoms. The zero-order valence-corrected chi connectivity index (χ0v) is 20.5. The maximum Gasteiger partial charge on any atom is 0.249 e. The van der Waals surface area contributed by atoms with Crippen molar-refractivity contribution in [1.29, 1.82) is 0 Å². The molecular weight excluding hydrogens is 456 g/mol. The first-order valence-electron chi connectivity index (χ1n) is 12.7. The molecule has 188 valence electrons. The number of nitrogens with zero attached hydrogens (tertiary/aromatic N) is 2. The number of benzene rings is 2. The second kappa shape index (κ2) is 9.41. The Morgan fingerprint density at radius 1 is 0.750 bits per heavy atom. The Kier molecular flexibility index (Phi) is 6.28. The highest BCUT2D eigenvalue weighted by Gasteiger charge is 2.58. The van der Waals surface area contributed by atoms with Crippen molar-refractivity contribution >= 4 is 23.6 Å². The molecule has 4 aliphatic rings. The first kappa shape index (κ1) is 24.0. The lowest BCUT2D eigenvalue weighted by Crippen LogP contribution is -2.64. The van der Waals surface area contributed by atoms with Crippen LogP contribution in [0.25, 0.3) is 0 Å². The van der Waals surface area contributed by atoms with Gasteiger partial charge in [-0.15, -0.1) is 0 Å². The van der Waals surface area contributed by atoms with Crippen molar-refractivity contribution in [3.63, 3.8) is 0 Å². The van der Waals surface area contributed by atoms with Gasteiger partial charge in [0.15, 0.2) is 0 Å². The van der Waals surface area contributed by atoms with E-state index in [4.69, 9.17) is 0 Å². The molecule has 2 N–H and O–H groups in total. The van der Waals surface area contributed by atoms with Crippen molar-refractivity contribution in [3.8, 4) is 0 Å². The number of piperazine rings is 2. The molecule has 2 aliphatic carbocycles. The van der Waals surface area contributed by atoms with Crippen molar-refractivity contribution < 1.29 is 19.2 Å². The lowest BCUT2D eigenvalue weighted by Gasteiger charge is -2.39. The van der Waals surface area contributed by atoms with Crippen LogP contribution in [0, 0.1) is 0 Å². The standard InChI is InChI=1S/C15H18N2O2.C13H14N2O2/c1-2-12-13(18)16-15(8-9-15)14(19)17(12)10-11-6-4-3-5-7-11;16-11-9-15(8-10-4-2-1-3-5-10)12(17)13(14-11)6-7-13/h3-7,12H,2,8-10H2,1H3,(H,16,18);1-5H,6-9H2,(H,14,16). The zero-order chi connectivity index (χ0) is 25.3. The van der Waals surface area contributed by atoms with Crippen LogP contribution in [0.3, 0.4) is 0 Å². The summed E-state index contributed by atoms with van der Waals surface area (Å²) in [5.41, 5.74) is 1.01. The molecule has 2 saturated heterocycles. The average Bonchev–Trinajstić information content (AvgIpc) is 3.81. The van der Waals surface area contributed by atoms with Crippen molar-refractivity contribution in [2.45, 2.75) is 69.2 Å². The predicted octanol–water partition coefficient (Wildman–Crippen LogP) is 2.13. The number of carbonyl (C=O) groups is 4. The van der Waals surface area contributed by atoms with Crippen LogP contribution in [-0.2, 0) is 32.3 Å².